The Labute approximate surface area is 156 Å². The zero-order chi connectivity index (χ0) is 19.5. The Hall–Kier alpha value is -1.44. The van der Waals surface area contributed by atoms with Crippen LogP contribution in [0, 0.1) is 5.92 Å². The van der Waals surface area contributed by atoms with Gasteiger partial charge >= 0.3 is 12.3 Å². The number of nitrogens with zero attached hydrogens (tertiary/aromatic N) is 2. The first-order valence-electron chi connectivity index (χ1n) is 8.64. The zero-order valence-corrected chi connectivity index (χ0v) is 16.3. The molecule has 146 valence electrons. The first kappa shape index (κ1) is 20.9. The fraction of sp³-hybridized carbons (Fsp3) is 0.667. The molecular weight excluding hydrogens is 365 g/mol. The van der Waals surface area contributed by atoms with Crippen molar-refractivity contribution in [3.8, 4) is 0 Å². The number of thioether (sulfide) groups is 1. The molecule has 0 aliphatic carbocycles. The molecule has 0 radical (unpaired) electrons. The van der Waals surface area contributed by atoms with Crippen molar-refractivity contribution in [1.29, 1.82) is 0 Å². The lowest BCUT2D eigenvalue weighted by Crippen LogP contribution is -2.43. The summed E-state index contributed by atoms with van der Waals surface area (Å²) in [5, 5.41) is 0.494. The Bertz CT molecular complexity index is 624. The quantitative estimate of drug-likeness (QED) is 0.663. The van der Waals surface area contributed by atoms with Crippen LogP contribution in [-0.2, 0) is 10.9 Å². The minimum atomic E-state index is -4.43. The average molecular weight is 390 g/mol. The predicted molar refractivity (Wildman–Crippen MR) is 95.1 cm³/mol. The Kier molecular flexibility index (Phi) is 6.47. The summed E-state index contributed by atoms with van der Waals surface area (Å²) in [5.41, 5.74) is -1.39. The highest BCUT2D eigenvalue weighted by Crippen LogP contribution is 2.34. The van der Waals surface area contributed by atoms with E-state index >= 15 is 0 Å². The second-order valence-electron chi connectivity index (χ2n) is 7.49. The van der Waals surface area contributed by atoms with Gasteiger partial charge in [-0.25, -0.2) is 9.78 Å². The van der Waals surface area contributed by atoms with Gasteiger partial charge < -0.3 is 9.64 Å². The molecule has 8 heteroatoms. The van der Waals surface area contributed by atoms with Gasteiger partial charge in [0.1, 0.15) is 11.3 Å². The summed E-state index contributed by atoms with van der Waals surface area (Å²) in [6, 6.07) is 3.97. The van der Waals surface area contributed by atoms with Gasteiger partial charge in [0.2, 0.25) is 0 Å². The summed E-state index contributed by atoms with van der Waals surface area (Å²) >= 11 is 1.35. The summed E-state index contributed by atoms with van der Waals surface area (Å²) < 4.78 is 43.7. The van der Waals surface area contributed by atoms with Gasteiger partial charge in [-0.15, -0.1) is 11.8 Å². The largest absolute Gasteiger partial charge is 0.444 e. The molecule has 2 rings (SSSR count). The van der Waals surface area contributed by atoms with Crippen LogP contribution in [0.4, 0.5) is 18.0 Å². The standard InChI is InChI=1S/C18H25F3N2O2S/c1-12(26-15-7-5-6-14(22-15)18(19,20)21)13-8-10-23(11-9-13)16(24)25-17(2,3)4/h5-7,12-13H,8-11H2,1-4H3. The van der Waals surface area contributed by atoms with Crippen LogP contribution in [0.5, 0.6) is 0 Å². The number of carbonyl (C=O) groups is 1. The van der Waals surface area contributed by atoms with Crippen molar-refractivity contribution in [2.45, 2.75) is 62.6 Å². The third-order valence-corrected chi connectivity index (χ3v) is 5.40. The van der Waals surface area contributed by atoms with Crippen molar-refractivity contribution < 1.29 is 22.7 Å². The number of amides is 1. The molecule has 0 saturated carbocycles. The molecule has 1 aliphatic rings. The molecule has 1 aromatic heterocycles. The number of hydrogen-bond donors (Lipinski definition) is 0. The van der Waals surface area contributed by atoms with Gasteiger partial charge in [0.15, 0.2) is 0 Å². The highest BCUT2D eigenvalue weighted by atomic mass is 32.2. The van der Waals surface area contributed by atoms with Crippen molar-refractivity contribution in [2.75, 3.05) is 13.1 Å². The number of aromatic nitrogens is 1. The zero-order valence-electron chi connectivity index (χ0n) is 15.5. The minimum absolute atomic E-state index is 0.117. The van der Waals surface area contributed by atoms with E-state index < -0.39 is 17.5 Å². The van der Waals surface area contributed by atoms with E-state index in [1.807, 2.05) is 27.7 Å². The first-order valence-corrected chi connectivity index (χ1v) is 9.52. The Morgan fingerprint density at radius 1 is 1.27 bits per heavy atom. The smallest absolute Gasteiger partial charge is 0.433 e. The van der Waals surface area contributed by atoms with Gasteiger partial charge in [-0.3, -0.25) is 0 Å². The lowest BCUT2D eigenvalue weighted by molar-refractivity contribution is -0.141. The van der Waals surface area contributed by atoms with Gasteiger partial charge in [0, 0.05) is 18.3 Å². The third kappa shape index (κ3) is 6.07. The van der Waals surface area contributed by atoms with Crippen LogP contribution in [0.1, 0.15) is 46.2 Å². The van der Waals surface area contributed by atoms with E-state index in [1.165, 1.54) is 17.8 Å². The second-order valence-corrected chi connectivity index (χ2v) is 8.88. The van der Waals surface area contributed by atoms with E-state index in [4.69, 9.17) is 4.74 Å². The lowest BCUT2D eigenvalue weighted by atomic mass is 9.94. The van der Waals surface area contributed by atoms with Crippen LogP contribution in [0.15, 0.2) is 23.2 Å². The Morgan fingerprint density at radius 2 is 1.88 bits per heavy atom. The number of hydrogen-bond acceptors (Lipinski definition) is 4. The number of likely N-dealkylation sites (tertiary alicyclic amines) is 1. The molecule has 4 nitrogen and oxygen atoms in total. The second kappa shape index (κ2) is 8.06. The number of pyridine rings is 1. The van der Waals surface area contributed by atoms with E-state index in [1.54, 1.807) is 11.0 Å². The van der Waals surface area contributed by atoms with Crippen LogP contribution in [-0.4, -0.2) is 39.9 Å². The van der Waals surface area contributed by atoms with E-state index in [-0.39, 0.29) is 11.3 Å². The topological polar surface area (TPSA) is 42.4 Å². The van der Waals surface area contributed by atoms with Crippen LogP contribution >= 0.6 is 11.8 Å². The number of carbonyl (C=O) groups excluding carboxylic acids is 1. The molecule has 1 aromatic rings. The SMILES string of the molecule is CC(Sc1cccc(C(F)(F)F)n1)C1CCN(C(=O)OC(C)(C)C)CC1. The Morgan fingerprint density at radius 3 is 2.42 bits per heavy atom. The van der Waals surface area contributed by atoms with Crippen LogP contribution in [0.2, 0.25) is 0 Å². The van der Waals surface area contributed by atoms with Crippen LogP contribution in [0.25, 0.3) is 0 Å². The van der Waals surface area contributed by atoms with Crippen molar-refractivity contribution in [3.05, 3.63) is 23.9 Å². The van der Waals surface area contributed by atoms with Crippen molar-refractivity contribution >= 4 is 17.9 Å². The van der Waals surface area contributed by atoms with Gasteiger partial charge in [0.05, 0.1) is 5.03 Å². The van der Waals surface area contributed by atoms with E-state index in [0.29, 0.717) is 24.0 Å². The summed E-state index contributed by atoms with van der Waals surface area (Å²) in [6.45, 7) is 8.69. The lowest BCUT2D eigenvalue weighted by Gasteiger charge is -2.35. The fourth-order valence-electron chi connectivity index (χ4n) is 2.80. The summed E-state index contributed by atoms with van der Waals surface area (Å²) in [6.07, 6.45) is -3.15. The van der Waals surface area contributed by atoms with Crippen molar-refractivity contribution in [1.82, 2.24) is 9.88 Å². The van der Waals surface area contributed by atoms with Gasteiger partial charge in [0.25, 0.3) is 0 Å². The van der Waals surface area contributed by atoms with Crippen molar-refractivity contribution in [2.24, 2.45) is 5.92 Å². The monoisotopic (exact) mass is 390 g/mol. The number of alkyl halides is 3. The molecule has 0 aromatic carbocycles. The number of halogens is 3. The molecule has 1 saturated heterocycles. The van der Waals surface area contributed by atoms with Gasteiger partial charge in [-0.05, 0) is 51.7 Å². The highest BCUT2D eigenvalue weighted by molar-refractivity contribution is 7.99. The third-order valence-electron chi connectivity index (χ3n) is 4.18. The maximum atomic E-state index is 12.8. The molecule has 1 fully saturated rings. The molecule has 2 heterocycles. The maximum absolute atomic E-state index is 12.8. The molecule has 0 bridgehead atoms. The molecule has 0 spiro atoms. The number of rotatable bonds is 3. The summed E-state index contributed by atoms with van der Waals surface area (Å²) in [4.78, 5) is 17.5. The number of piperidine rings is 1. The predicted octanol–water partition coefficient (Wildman–Crippen LogP) is 5.23. The molecule has 1 unspecified atom stereocenters. The normalized spacial score (nSPS) is 17.9. The summed E-state index contributed by atoms with van der Waals surface area (Å²) in [5.74, 6) is 0.315. The van der Waals surface area contributed by atoms with Crippen LogP contribution < -0.4 is 0 Å². The molecule has 1 aliphatic heterocycles. The Balaban J connectivity index is 1.89. The molecule has 0 N–H and O–H groups in total. The van der Waals surface area contributed by atoms with E-state index in [2.05, 4.69) is 4.98 Å². The van der Waals surface area contributed by atoms with E-state index in [9.17, 15) is 18.0 Å². The summed E-state index contributed by atoms with van der Waals surface area (Å²) in [7, 11) is 0. The van der Waals surface area contributed by atoms with Crippen LogP contribution in [0.3, 0.4) is 0 Å². The highest BCUT2D eigenvalue weighted by Gasteiger charge is 2.33. The van der Waals surface area contributed by atoms with Crippen molar-refractivity contribution in [3.63, 3.8) is 0 Å². The maximum Gasteiger partial charge on any atom is 0.433 e. The molecular formula is C18H25F3N2O2S. The number of ether oxygens (including phenoxy) is 1. The first-order chi connectivity index (χ1) is 12.0. The molecule has 1 atom stereocenters. The molecule has 26 heavy (non-hydrogen) atoms. The van der Waals surface area contributed by atoms with Gasteiger partial charge in [-0.1, -0.05) is 13.0 Å². The fourth-order valence-corrected chi connectivity index (χ4v) is 3.96. The molecule has 1 amide bonds. The van der Waals surface area contributed by atoms with Gasteiger partial charge in [-0.2, -0.15) is 13.2 Å². The average Bonchev–Trinajstić information content (AvgIpc) is 2.53. The van der Waals surface area contributed by atoms with E-state index in [0.717, 1.165) is 18.9 Å². The minimum Gasteiger partial charge on any atom is -0.444 e.